The lowest BCUT2D eigenvalue weighted by Gasteiger charge is -2.01. The van der Waals surface area contributed by atoms with E-state index in [2.05, 4.69) is 17.4 Å². The first kappa shape index (κ1) is 10.6. The molecule has 0 fully saturated rings. The van der Waals surface area contributed by atoms with Crippen molar-refractivity contribution < 1.29 is 14.3 Å². The molecule has 0 aliphatic carbocycles. The monoisotopic (exact) mass is 197 g/mol. The number of thiol groups is 1. The highest BCUT2D eigenvalue weighted by Gasteiger charge is 2.05. The van der Waals surface area contributed by atoms with Crippen molar-refractivity contribution in [2.24, 2.45) is 0 Å². The van der Waals surface area contributed by atoms with Crippen LogP contribution >= 0.6 is 24.2 Å². The van der Waals surface area contributed by atoms with E-state index in [1.807, 2.05) is 5.32 Å². The Morgan fingerprint density at radius 2 is 2.18 bits per heavy atom. The topological polar surface area (TPSA) is 55.4 Å². The van der Waals surface area contributed by atoms with Crippen LogP contribution in [0.4, 0.5) is 4.79 Å². The first-order valence-electron chi connectivity index (χ1n) is 2.84. The van der Waals surface area contributed by atoms with Crippen molar-refractivity contribution in [3.05, 3.63) is 0 Å². The second-order valence-corrected chi connectivity index (χ2v) is 2.26. The van der Waals surface area contributed by atoms with Crippen molar-refractivity contribution in [2.75, 3.05) is 18.2 Å². The maximum atomic E-state index is 10.5. The molecule has 0 rings (SSSR count). The van der Waals surface area contributed by atoms with E-state index in [1.54, 1.807) is 0 Å². The number of carbonyl (C=O) groups is 2. The lowest BCUT2D eigenvalue weighted by atomic mass is 10.7. The molecule has 0 spiro atoms. The number of rotatable bonds is 3. The highest BCUT2D eigenvalue weighted by molar-refractivity contribution is 7.80. The minimum atomic E-state index is -0.787. The predicted octanol–water partition coefficient (Wildman–Crippen LogP) is 0.408. The van der Waals surface area contributed by atoms with Crippen LogP contribution in [0.5, 0.6) is 0 Å². The first-order chi connectivity index (χ1) is 5.20. The molecule has 6 heteroatoms. The van der Waals surface area contributed by atoms with E-state index in [-0.39, 0.29) is 12.5 Å². The van der Waals surface area contributed by atoms with Crippen LogP contribution in [0.15, 0.2) is 0 Å². The van der Waals surface area contributed by atoms with Crippen LogP contribution in [-0.4, -0.2) is 30.2 Å². The molecule has 0 unspecified atom stereocenters. The Bertz CT molecular complexity index is 153. The Morgan fingerprint density at radius 1 is 1.55 bits per heavy atom. The fraction of sp³-hybridized carbons (Fsp3) is 0.600. The molecule has 1 N–H and O–H groups in total. The van der Waals surface area contributed by atoms with E-state index >= 15 is 0 Å². The summed E-state index contributed by atoms with van der Waals surface area (Å²) in [6.07, 6.45) is -0.787. The molecule has 0 saturated carbocycles. The van der Waals surface area contributed by atoms with Gasteiger partial charge in [0.2, 0.25) is 5.91 Å². The number of alkyl halides is 1. The van der Waals surface area contributed by atoms with Crippen LogP contribution in [0.2, 0.25) is 0 Å². The molecule has 0 heterocycles. The molecule has 0 aliphatic heterocycles. The Labute approximate surface area is 74.6 Å². The van der Waals surface area contributed by atoms with Gasteiger partial charge in [-0.15, -0.1) is 11.6 Å². The first-order valence-corrected chi connectivity index (χ1v) is 4.01. The smallest absolute Gasteiger partial charge is 0.413 e. The Hall–Kier alpha value is -0.420. The molecule has 0 aromatic rings. The standard InChI is InChI=1S/C5H8ClNO3S/c6-3-4(8)7-5(9)10-1-2-11/h11H,1-3H2,(H,7,8,9). The van der Waals surface area contributed by atoms with Gasteiger partial charge in [-0.2, -0.15) is 12.6 Å². The van der Waals surface area contributed by atoms with Gasteiger partial charge in [-0.1, -0.05) is 0 Å². The minimum absolute atomic E-state index is 0.171. The summed E-state index contributed by atoms with van der Waals surface area (Å²) in [5, 5.41) is 1.90. The number of carbonyl (C=O) groups excluding carboxylic acids is 2. The molecule has 0 atom stereocenters. The van der Waals surface area contributed by atoms with Crippen molar-refractivity contribution >= 4 is 36.2 Å². The SMILES string of the molecule is O=C(CCl)NC(=O)OCCS. The molecule has 0 saturated heterocycles. The van der Waals surface area contributed by atoms with Crippen LogP contribution in [0.25, 0.3) is 0 Å². The third kappa shape index (κ3) is 6.00. The summed E-state index contributed by atoms with van der Waals surface area (Å²) in [5.74, 6) is -0.408. The summed E-state index contributed by atoms with van der Waals surface area (Å²) in [7, 11) is 0. The Kier molecular flexibility index (Phi) is 6.06. The van der Waals surface area contributed by atoms with E-state index in [4.69, 9.17) is 11.6 Å². The number of amides is 2. The summed E-state index contributed by atoms with van der Waals surface area (Å²) >= 11 is 8.89. The number of halogens is 1. The highest BCUT2D eigenvalue weighted by Crippen LogP contribution is 1.81. The molecule has 11 heavy (non-hydrogen) atoms. The zero-order valence-corrected chi connectivity index (χ0v) is 7.32. The number of imide groups is 1. The van der Waals surface area contributed by atoms with Crippen LogP contribution in [0.3, 0.4) is 0 Å². The number of hydrogen-bond donors (Lipinski definition) is 2. The molecule has 0 aromatic carbocycles. The van der Waals surface area contributed by atoms with Gasteiger partial charge in [0.15, 0.2) is 0 Å². The van der Waals surface area contributed by atoms with Gasteiger partial charge in [0.1, 0.15) is 12.5 Å². The molecule has 0 radical (unpaired) electrons. The van der Waals surface area contributed by atoms with Crippen molar-refractivity contribution in [2.45, 2.75) is 0 Å². The van der Waals surface area contributed by atoms with Crippen molar-refractivity contribution in [1.29, 1.82) is 0 Å². The Balaban J connectivity index is 3.44. The summed E-state index contributed by atoms with van der Waals surface area (Å²) in [4.78, 5) is 20.9. The van der Waals surface area contributed by atoms with Gasteiger partial charge < -0.3 is 4.74 Å². The fourth-order valence-electron chi connectivity index (χ4n) is 0.322. The van der Waals surface area contributed by atoms with Crippen LogP contribution in [-0.2, 0) is 9.53 Å². The molecule has 0 bridgehead atoms. The maximum absolute atomic E-state index is 10.5. The van der Waals surface area contributed by atoms with Crippen LogP contribution < -0.4 is 5.32 Å². The quantitative estimate of drug-likeness (QED) is 0.509. The number of nitrogens with one attached hydrogen (secondary N) is 1. The van der Waals surface area contributed by atoms with Gasteiger partial charge in [-0.25, -0.2) is 4.79 Å². The molecule has 2 amide bonds. The highest BCUT2D eigenvalue weighted by atomic mass is 35.5. The zero-order valence-electron chi connectivity index (χ0n) is 5.67. The zero-order chi connectivity index (χ0) is 8.69. The van der Waals surface area contributed by atoms with Gasteiger partial charge in [-0.05, 0) is 0 Å². The second-order valence-electron chi connectivity index (χ2n) is 1.54. The van der Waals surface area contributed by atoms with Crippen LogP contribution in [0.1, 0.15) is 0 Å². The summed E-state index contributed by atoms with van der Waals surface area (Å²) in [6, 6.07) is 0. The average Bonchev–Trinajstić information content (AvgIpc) is 2.00. The van der Waals surface area contributed by atoms with Crippen molar-refractivity contribution in [1.82, 2.24) is 5.32 Å². The third-order valence-corrected chi connectivity index (χ3v) is 1.11. The van der Waals surface area contributed by atoms with E-state index in [0.29, 0.717) is 5.75 Å². The maximum Gasteiger partial charge on any atom is 0.413 e. The molecular formula is C5H8ClNO3S. The largest absolute Gasteiger partial charge is 0.448 e. The Morgan fingerprint density at radius 3 is 2.64 bits per heavy atom. The van der Waals surface area contributed by atoms with E-state index in [1.165, 1.54) is 0 Å². The number of alkyl carbamates (subject to hydrolysis) is 1. The van der Waals surface area contributed by atoms with Gasteiger partial charge in [-0.3, -0.25) is 10.1 Å². The third-order valence-electron chi connectivity index (χ3n) is 0.687. The normalized spacial score (nSPS) is 8.91. The molecule has 0 aliphatic rings. The van der Waals surface area contributed by atoms with Crippen LogP contribution in [0, 0.1) is 0 Å². The molecule has 4 nitrogen and oxygen atoms in total. The van der Waals surface area contributed by atoms with E-state index in [0.717, 1.165) is 0 Å². The molecule has 64 valence electrons. The fourth-order valence-corrected chi connectivity index (χ4v) is 0.480. The van der Waals surface area contributed by atoms with Gasteiger partial charge in [0, 0.05) is 5.75 Å². The van der Waals surface area contributed by atoms with E-state index < -0.39 is 12.0 Å². The summed E-state index contributed by atoms with van der Waals surface area (Å²) < 4.78 is 4.46. The second kappa shape index (κ2) is 6.30. The van der Waals surface area contributed by atoms with Gasteiger partial charge in [0.05, 0.1) is 0 Å². The van der Waals surface area contributed by atoms with Crippen molar-refractivity contribution in [3.8, 4) is 0 Å². The average molecular weight is 198 g/mol. The molecular weight excluding hydrogens is 190 g/mol. The number of hydrogen-bond acceptors (Lipinski definition) is 4. The molecule has 0 aromatic heterocycles. The van der Waals surface area contributed by atoms with Crippen molar-refractivity contribution in [3.63, 3.8) is 0 Å². The van der Waals surface area contributed by atoms with Gasteiger partial charge in [0.25, 0.3) is 0 Å². The lowest BCUT2D eigenvalue weighted by molar-refractivity contribution is -0.118. The van der Waals surface area contributed by atoms with Gasteiger partial charge >= 0.3 is 6.09 Å². The lowest BCUT2D eigenvalue weighted by Crippen LogP contribution is -2.32. The predicted molar refractivity (Wildman–Crippen MR) is 44.1 cm³/mol. The summed E-state index contributed by atoms with van der Waals surface area (Å²) in [5.41, 5.74) is 0. The summed E-state index contributed by atoms with van der Waals surface area (Å²) in [6.45, 7) is 0.171. The number of ether oxygens (including phenoxy) is 1. The van der Waals surface area contributed by atoms with E-state index in [9.17, 15) is 9.59 Å². The minimum Gasteiger partial charge on any atom is -0.448 e.